The lowest BCUT2D eigenvalue weighted by atomic mass is 10.1. The van der Waals surface area contributed by atoms with Crippen molar-refractivity contribution in [1.29, 1.82) is 0 Å². The molecule has 0 aliphatic carbocycles. The average molecular weight is 304 g/mol. The molecule has 0 saturated carbocycles. The number of hydrogen-bond donors (Lipinski definition) is 0. The van der Waals surface area contributed by atoms with Crippen molar-refractivity contribution < 1.29 is 27.4 Å². The van der Waals surface area contributed by atoms with Crippen LogP contribution in [0.5, 0.6) is 0 Å². The number of methoxy groups -OCH3 is 1. The van der Waals surface area contributed by atoms with E-state index in [9.17, 15) is 13.2 Å². The van der Waals surface area contributed by atoms with Crippen LogP contribution in [0, 0.1) is 0 Å². The van der Waals surface area contributed by atoms with Gasteiger partial charge in [-0.1, -0.05) is 12.1 Å². The first-order chi connectivity index (χ1) is 10.0. The second kappa shape index (κ2) is 7.24. The van der Waals surface area contributed by atoms with E-state index in [1.165, 1.54) is 19.2 Å². The Morgan fingerprint density at radius 1 is 1.24 bits per heavy atom. The molecule has 2 atom stereocenters. The molecule has 0 bridgehead atoms. The maximum atomic E-state index is 12.6. The summed E-state index contributed by atoms with van der Waals surface area (Å²) >= 11 is 0. The quantitative estimate of drug-likeness (QED) is 0.825. The zero-order valence-corrected chi connectivity index (χ0v) is 11.9. The van der Waals surface area contributed by atoms with Crippen molar-refractivity contribution in [3.05, 3.63) is 35.4 Å². The zero-order chi connectivity index (χ0) is 15.3. The molecule has 0 radical (unpaired) electrons. The van der Waals surface area contributed by atoms with Crippen LogP contribution in [0.2, 0.25) is 0 Å². The van der Waals surface area contributed by atoms with Gasteiger partial charge in [-0.15, -0.1) is 0 Å². The maximum absolute atomic E-state index is 12.6. The summed E-state index contributed by atoms with van der Waals surface area (Å²) in [5.41, 5.74) is -0.0182. The monoisotopic (exact) mass is 304 g/mol. The fraction of sp³-hybridized carbons (Fsp3) is 0.600. The lowest BCUT2D eigenvalue weighted by Gasteiger charge is -2.27. The Bertz CT molecular complexity index is 425. The molecule has 118 valence electrons. The van der Waals surface area contributed by atoms with Crippen LogP contribution in [0.3, 0.4) is 0 Å². The van der Waals surface area contributed by atoms with Crippen LogP contribution < -0.4 is 0 Å². The molecule has 1 aromatic carbocycles. The Morgan fingerprint density at radius 2 is 1.95 bits per heavy atom. The van der Waals surface area contributed by atoms with Crippen LogP contribution in [-0.2, 0) is 20.4 Å². The van der Waals surface area contributed by atoms with Crippen LogP contribution >= 0.6 is 0 Å². The lowest BCUT2D eigenvalue weighted by Crippen LogP contribution is -2.26. The van der Waals surface area contributed by atoms with Gasteiger partial charge in [0.25, 0.3) is 0 Å². The topological polar surface area (TPSA) is 27.7 Å². The number of alkyl halides is 3. The predicted octanol–water partition coefficient (Wildman–Crippen LogP) is 3.94. The van der Waals surface area contributed by atoms with Crippen molar-refractivity contribution in [1.82, 2.24) is 0 Å². The van der Waals surface area contributed by atoms with Crippen LogP contribution in [0.15, 0.2) is 24.3 Å². The first kappa shape index (κ1) is 16.3. The summed E-state index contributed by atoms with van der Waals surface area (Å²) in [7, 11) is 1.53. The fourth-order valence-electron chi connectivity index (χ4n) is 2.25. The number of halogens is 3. The summed E-state index contributed by atoms with van der Waals surface area (Å²) in [6.07, 6.45) is -2.25. The molecular weight excluding hydrogens is 285 g/mol. The van der Waals surface area contributed by atoms with Crippen LogP contribution in [0.25, 0.3) is 0 Å². The van der Waals surface area contributed by atoms with E-state index in [1.54, 1.807) is 0 Å². The highest BCUT2D eigenvalue weighted by Crippen LogP contribution is 2.31. The van der Waals surface area contributed by atoms with E-state index in [2.05, 4.69) is 0 Å². The summed E-state index contributed by atoms with van der Waals surface area (Å²) < 4.78 is 54.1. The molecule has 2 rings (SSSR count). The molecule has 0 N–H and O–H groups in total. The molecule has 6 heteroatoms. The van der Waals surface area contributed by atoms with E-state index in [4.69, 9.17) is 14.2 Å². The molecule has 0 unspecified atom stereocenters. The lowest BCUT2D eigenvalue weighted by molar-refractivity contribution is -0.198. The summed E-state index contributed by atoms with van der Waals surface area (Å²) in [5.74, 6) is 0. The van der Waals surface area contributed by atoms with E-state index >= 15 is 0 Å². The van der Waals surface area contributed by atoms with Crippen molar-refractivity contribution in [3.63, 3.8) is 0 Å². The van der Waals surface area contributed by atoms with Crippen molar-refractivity contribution in [2.24, 2.45) is 0 Å². The normalized spacial score (nSPS) is 21.2. The Morgan fingerprint density at radius 3 is 2.48 bits per heavy atom. The molecule has 1 saturated heterocycles. The maximum Gasteiger partial charge on any atom is 0.416 e. The third kappa shape index (κ3) is 4.69. The summed E-state index contributed by atoms with van der Waals surface area (Å²) in [6.45, 7) is 0.919. The summed E-state index contributed by atoms with van der Waals surface area (Å²) in [6, 6.07) is 4.97. The highest BCUT2D eigenvalue weighted by molar-refractivity contribution is 5.26. The van der Waals surface area contributed by atoms with Gasteiger partial charge in [-0.05, 0) is 37.0 Å². The molecule has 0 aromatic heterocycles. The van der Waals surface area contributed by atoms with Gasteiger partial charge >= 0.3 is 6.18 Å². The smallest absolute Gasteiger partial charge is 0.382 e. The largest absolute Gasteiger partial charge is 0.416 e. The molecular formula is C15H19F3O3. The van der Waals surface area contributed by atoms with E-state index in [-0.39, 0.29) is 12.9 Å². The van der Waals surface area contributed by atoms with Gasteiger partial charge in [0.2, 0.25) is 0 Å². The highest BCUT2D eigenvalue weighted by Gasteiger charge is 2.30. The molecule has 0 amide bonds. The minimum atomic E-state index is -4.33. The van der Waals surface area contributed by atoms with E-state index in [0.717, 1.165) is 31.4 Å². The molecule has 1 aliphatic rings. The van der Waals surface area contributed by atoms with Gasteiger partial charge in [-0.3, -0.25) is 0 Å². The average Bonchev–Trinajstić information content (AvgIpc) is 2.47. The summed E-state index contributed by atoms with van der Waals surface area (Å²) in [4.78, 5) is 0. The fourth-order valence-corrected chi connectivity index (χ4v) is 2.25. The Labute approximate surface area is 122 Å². The Balaban J connectivity index is 2.06. The van der Waals surface area contributed by atoms with Gasteiger partial charge in [-0.25, -0.2) is 0 Å². The van der Waals surface area contributed by atoms with E-state index in [0.29, 0.717) is 12.2 Å². The SMILES string of the molecule is COC[C@H](O[C@@H]1CCCCO1)c1ccc(C(F)(F)F)cc1. The molecule has 1 heterocycles. The van der Waals surface area contributed by atoms with Gasteiger partial charge in [0, 0.05) is 13.7 Å². The van der Waals surface area contributed by atoms with Crippen molar-refractivity contribution in [2.45, 2.75) is 37.8 Å². The second-order valence-corrected chi connectivity index (χ2v) is 5.00. The minimum absolute atomic E-state index is 0.269. The van der Waals surface area contributed by atoms with Gasteiger partial charge < -0.3 is 14.2 Å². The third-order valence-corrected chi connectivity index (χ3v) is 3.38. The second-order valence-electron chi connectivity index (χ2n) is 5.00. The van der Waals surface area contributed by atoms with Crippen molar-refractivity contribution >= 4 is 0 Å². The molecule has 21 heavy (non-hydrogen) atoms. The number of ether oxygens (including phenoxy) is 3. The number of hydrogen-bond acceptors (Lipinski definition) is 3. The molecule has 0 spiro atoms. The van der Waals surface area contributed by atoms with Crippen LogP contribution in [0.4, 0.5) is 13.2 Å². The third-order valence-electron chi connectivity index (χ3n) is 3.38. The van der Waals surface area contributed by atoms with Gasteiger partial charge in [0.15, 0.2) is 6.29 Å². The van der Waals surface area contributed by atoms with Crippen LogP contribution in [-0.4, -0.2) is 26.6 Å². The Kier molecular flexibility index (Phi) is 5.61. The standard InChI is InChI=1S/C15H19F3O3/c1-19-10-13(21-14-4-2-3-9-20-14)11-5-7-12(8-6-11)15(16,17)18/h5-8,13-14H,2-4,9-10H2,1H3/t13-,14+/m0/s1. The minimum Gasteiger partial charge on any atom is -0.382 e. The van der Waals surface area contributed by atoms with Crippen molar-refractivity contribution in [3.8, 4) is 0 Å². The molecule has 1 aliphatic heterocycles. The van der Waals surface area contributed by atoms with Gasteiger partial charge in [-0.2, -0.15) is 13.2 Å². The van der Waals surface area contributed by atoms with Crippen LogP contribution in [0.1, 0.15) is 36.5 Å². The first-order valence-electron chi connectivity index (χ1n) is 6.94. The molecule has 3 nitrogen and oxygen atoms in total. The molecule has 1 aromatic rings. The Hall–Kier alpha value is -1.11. The van der Waals surface area contributed by atoms with Crippen molar-refractivity contribution in [2.75, 3.05) is 20.3 Å². The van der Waals surface area contributed by atoms with E-state index in [1.807, 2.05) is 0 Å². The number of rotatable bonds is 5. The predicted molar refractivity (Wildman–Crippen MR) is 70.7 cm³/mol. The van der Waals surface area contributed by atoms with Gasteiger partial charge in [0.05, 0.1) is 12.2 Å². The number of benzene rings is 1. The van der Waals surface area contributed by atoms with E-state index < -0.39 is 17.8 Å². The summed E-state index contributed by atoms with van der Waals surface area (Å²) in [5, 5.41) is 0. The van der Waals surface area contributed by atoms with Gasteiger partial charge in [0.1, 0.15) is 6.10 Å². The highest BCUT2D eigenvalue weighted by atomic mass is 19.4. The first-order valence-corrected chi connectivity index (χ1v) is 6.94. The molecule has 1 fully saturated rings. The zero-order valence-electron chi connectivity index (χ0n) is 11.9.